The van der Waals surface area contributed by atoms with Crippen LogP contribution < -0.4 is 0 Å². The van der Waals surface area contributed by atoms with Gasteiger partial charge in [-0.3, -0.25) is 9.59 Å². The lowest BCUT2D eigenvalue weighted by Gasteiger charge is -2.92. The van der Waals surface area contributed by atoms with E-state index in [-0.39, 0.29) is 0 Å². The fourth-order valence-corrected chi connectivity index (χ4v) is 13.9. The lowest BCUT2D eigenvalue weighted by molar-refractivity contribution is -0.441. The van der Waals surface area contributed by atoms with Crippen molar-refractivity contribution >= 4 is 11.9 Å². The van der Waals surface area contributed by atoms with Crippen LogP contribution in [0.25, 0.3) is 0 Å². The SMILES string of the molecule is CC(=O)O.CC(=O)O.CC1CCC2CC1(C1(C)CCC3CC1(C14CC(CCC1C)C4(C)C)C3(C)C)C2(C)C. The first kappa shape index (κ1) is 29.9. The summed E-state index contributed by atoms with van der Waals surface area (Å²) >= 11 is 0. The van der Waals surface area contributed by atoms with Crippen LogP contribution in [0.2, 0.25) is 0 Å². The number of aliphatic carboxylic acids is 2. The number of hydrogen-bond donors (Lipinski definition) is 2. The third-order valence-corrected chi connectivity index (χ3v) is 15.4. The van der Waals surface area contributed by atoms with Gasteiger partial charge in [-0.05, 0) is 125 Å². The fraction of sp³-hybridized carbons (Fsp3) is 0.941. The Labute approximate surface area is 233 Å². The molecular formula is C34H58O4. The van der Waals surface area contributed by atoms with Gasteiger partial charge in [0.25, 0.3) is 11.9 Å². The van der Waals surface area contributed by atoms with Crippen LogP contribution in [0.15, 0.2) is 0 Å². The van der Waals surface area contributed by atoms with Crippen LogP contribution in [-0.2, 0) is 9.59 Å². The van der Waals surface area contributed by atoms with Crippen molar-refractivity contribution in [3.63, 3.8) is 0 Å². The predicted octanol–water partition coefficient (Wildman–Crippen LogP) is 8.93. The Balaban J connectivity index is 0.000000373. The molecule has 2 N–H and O–H groups in total. The van der Waals surface area contributed by atoms with Crippen molar-refractivity contribution in [3.05, 3.63) is 0 Å². The first-order valence-corrected chi connectivity index (χ1v) is 15.6. The molecule has 0 aromatic carbocycles. The van der Waals surface area contributed by atoms with Crippen molar-refractivity contribution in [2.75, 3.05) is 0 Å². The van der Waals surface area contributed by atoms with E-state index in [1.54, 1.807) is 19.3 Å². The summed E-state index contributed by atoms with van der Waals surface area (Å²) in [6, 6.07) is 0. The molecule has 9 atom stereocenters. The average Bonchev–Trinajstić information content (AvgIpc) is 2.77. The third-order valence-electron chi connectivity index (χ3n) is 15.4. The van der Waals surface area contributed by atoms with Crippen molar-refractivity contribution in [3.8, 4) is 0 Å². The number of hydrogen-bond acceptors (Lipinski definition) is 2. The lowest BCUT2D eigenvalue weighted by atomic mass is 9.12. The Morgan fingerprint density at radius 2 is 0.947 bits per heavy atom. The van der Waals surface area contributed by atoms with Crippen LogP contribution in [-0.4, -0.2) is 22.2 Å². The smallest absolute Gasteiger partial charge is 0.300 e. The first-order chi connectivity index (χ1) is 17.2. The van der Waals surface area contributed by atoms with E-state index in [4.69, 9.17) is 19.8 Å². The van der Waals surface area contributed by atoms with Gasteiger partial charge >= 0.3 is 0 Å². The maximum absolute atomic E-state index is 9.00. The van der Waals surface area contributed by atoms with E-state index in [2.05, 4.69) is 62.3 Å². The van der Waals surface area contributed by atoms with Crippen LogP contribution in [0.1, 0.15) is 134 Å². The van der Waals surface area contributed by atoms with Crippen molar-refractivity contribution < 1.29 is 19.8 Å². The van der Waals surface area contributed by atoms with E-state index in [1.165, 1.54) is 38.5 Å². The van der Waals surface area contributed by atoms with Crippen LogP contribution in [0.4, 0.5) is 0 Å². The second-order valence-corrected chi connectivity index (χ2v) is 16.6. The normalized spacial score (nSPS) is 49.7. The van der Waals surface area contributed by atoms with E-state index in [9.17, 15) is 0 Å². The molecular weight excluding hydrogens is 472 g/mol. The zero-order chi connectivity index (χ0) is 28.9. The number of carbonyl (C=O) groups is 2. The highest BCUT2D eigenvalue weighted by molar-refractivity contribution is 5.63. The number of fused-ring (bicyclic) bond motifs is 6. The predicted molar refractivity (Wildman–Crippen MR) is 154 cm³/mol. The second kappa shape index (κ2) is 8.72. The molecule has 9 unspecified atom stereocenters. The molecule has 9 rings (SSSR count). The molecule has 38 heavy (non-hydrogen) atoms. The molecule has 9 aliphatic rings. The van der Waals surface area contributed by atoms with Gasteiger partial charge in [0, 0.05) is 13.8 Å². The maximum atomic E-state index is 9.00. The van der Waals surface area contributed by atoms with Gasteiger partial charge in [-0.15, -0.1) is 0 Å². The summed E-state index contributed by atoms with van der Waals surface area (Å²) in [5.74, 6) is 3.11. The number of rotatable bonds is 2. The standard InChI is InChI=1S/C30H50.2C2H4O2/c1-19-10-12-21-16-28(19,24(21,3)4)27(9)15-14-23-18-30(27,26(23,7)8)29-17-22(25(29,5)6)13-11-20(29)2;2*1-2(3)4/h19-23H,10-18H2,1-9H3;2*1H3,(H,3,4). The fourth-order valence-electron chi connectivity index (χ4n) is 13.9. The summed E-state index contributed by atoms with van der Waals surface area (Å²) < 4.78 is 0. The molecule has 0 aromatic rings. The first-order valence-electron chi connectivity index (χ1n) is 15.6. The molecule has 0 aromatic heterocycles. The van der Waals surface area contributed by atoms with Crippen molar-refractivity contribution in [1.29, 1.82) is 0 Å². The summed E-state index contributed by atoms with van der Waals surface area (Å²) in [4.78, 5) is 18.0. The highest BCUT2D eigenvalue weighted by atomic mass is 16.4. The van der Waals surface area contributed by atoms with Gasteiger partial charge in [0.05, 0.1) is 0 Å². The van der Waals surface area contributed by atoms with Gasteiger partial charge in [0.1, 0.15) is 0 Å². The molecule has 0 amide bonds. The third kappa shape index (κ3) is 3.10. The van der Waals surface area contributed by atoms with Gasteiger partial charge in [0.15, 0.2) is 0 Å². The monoisotopic (exact) mass is 530 g/mol. The van der Waals surface area contributed by atoms with Gasteiger partial charge < -0.3 is 10.2 Å². The molecule has 9 aliphatic carbocycles. The Bertz CT molecular complexity index is 959. The largest absolute Gasteiger partial charge is 0.481 e. The summed E-state index contributed by atoms with van der Waals surface area (Å²) in [6.07, 6.45) is 13.7. The van der Waals surface area contributed by atoms with Crippen molar-refractivity contribution in [1.82, 2.24) is 0 Å². The highest BCUT2D eigenvalue weighted by Crippen LogP contribution is 2.94. The van der Waals surface area contributed by atoms with Crippen LogP contribution in [0.3, 0.4) is 0 Å². The minimum absolute atomic E-state index is 0.506. The molecule has 0 saturated heterocycles. The van der Waals surface area contributed by atoms with Crippen molar-refractivity contribution in [2.24, 2.45) is 67.5 Å². The summed E-state index contributed by atoms with van der Waals surface area (Å²) in [5.41, 5.74) is 3.78. The quantitative estimate of drug-likeness (QED) is 0.374. The maximum Gasteiger partial charge on any atom is 0.300 e. The Hall–Kier alpha value is -1.06. The lowest BCUT2D eigenvalue weighted by Crippen LogP contribution is -2.86. The van der Waals surface area contributed by atoms with E-state index in [0.717, 1.165) is 43.4 Å². The number of carboxylic acids is 2. The van der Waals surface area contributed by atoms with Crippen LogP contribution in [0, 0.1) is 67.5 Å². The summed E-state index contributed by atoms with van der Waals surface area (Å²) in [7, 11) is 0. The molecule has 4 heteroatoms. The molecule has 4 nitrogen and oxygen atoms in total. The zero-order valence-corrected chi connectivity index (χ0v) is 26.5. The highest BCUT2D eigenvalue weighted by Gasteiger charge is 2.88. The molecule has 0 spiro atoms. The van der Waals surface area contributed by atoms with Crippen LogP contribution >= 0.6 is 0 Å². The minimum atomic E-state index is -0.833. The topological polar surface area (TPSA) is 74.6 Å². The molecule has 0 radical (unpaired) electrons. The van der Waals surface area contributed by atoms with E-state index < -0.39 is 11.9 Å². The molecule has 218 valence electrons. The molecule has 9 fully saturated rings. The summed E-state index contributed by atoms with van der Waals surface area (Å²) in [5, 5.41) is 14.8. The second-order valence-electron chi connectivity index (χ2n) is 16.6. The van der Waals surface area contributed by atoms with E-state index >= 15 is 0 Å². The Kier molecular flexibility index (Phi) is 6.86. The summed E-state index contributed by atoms with van der Waals surface area (Å²) in [6.45, 7) is 26.8. The van der Waals surface area contributed by atoms with E-state index in [0.29, 0.717) is 37.9 Å². The van der Waals surface area contributed by atoms with Gasteiger partial charge in [-0.1, -0.05) is 62.3 Å². The van der Waals surface area contributed by atoms with Crippen molar-refractivity contribution in [2.45, 2.75) is 134 Å². The Morgan fingerprint density at radius 1 is 0.579 bits per heavy atom. The average molecular weight is 531 g/mol. The van der Waals surface area contributed by atoms with Gasteiger partial charge in [0.2, 0.25) is 0 Å². The molecule has 0 aliphatic heterocycles. The van der Waals surface area contributed by atoms with Gasteiger partial charge in [-0.25, -0.2) is 0 Å². The minimum Gasteiger partial charge on any atom is -0.481 e. The van der Waals surface area contributed by atoms with Crippen LogP contribution in [0.5, 0.6) is 0 Å². The number of carboxylic acid groups (broad SMARTS) is 2. The molecule has 0 heterocycles. The molecule has 9 saturated carbocycles. The van der Waals surface area contributed by atoms with E-state index in [1.807, 2.05) is 0 Å². The van der Waals surface area contributed by atoms with Gasteiger partial charge in [-0.2, -0.15) is 0 Å². The molecule has 6 bridgehead atoms. The zero-order valence-electron chi connectivity index (χ0n) is 26.5. The Morgan fingerprint density at radius 3 is 1.29 bits per heavy atom.